The predicted octanol–water partition coefficient (Wildman–Crippen LogP) is 1.54. The smallest absolute Gasteiger partial charge is 0.327 e. The van der Waals surface area contributed by atoms with Crippen molar-refractivity contribution in [2.45, 2.75) is 25.3 Å². The fraction of sp³-hybridized carbons (Fsp3) is 0.333. The minimum absolute atomic E-state index is 0.0746. The number of aryl methyl sites for hydroxylation is 2. The number of hydrogen-bond acceptors (Lipinski definition) is 6. The topological polar surface area (TPSA) is 90.3 Å². The first-order valence-electron chi connectivity index (χ1n) is 6.01. The summed E-state index contributed by atoms with van der Waals surface area (Å²) in [5.74, 6) is -0.461. The molecule has 7 nitrogen and oxygen atoms in total. The largest absolute Gasteiger partial charge is 0.468 e. The first kappa shape index (κ1) is 15.5. The van der Waals surface area contributed by atoms with Crippen molar-refractivity contribution < 1.29 is 17.9 Å². The first-order valence-corrected chi connectivity index (χ1v) is 8.31. The molecule has 21 heavy (non-hydrogen) atoms. The average molecular weight is 329 g/mol. The van der Waals surface area contributed by atoms with Crippen molar-refractivity contribution in [1.82, 2.24) is 9.78 Å². The zero-order valence-corrected chi connectivity index (χ0v) is 13.4. The third-order valence-corrected chi connectivity index (χ3v) is 5.29. The maximum Gasteiger partial charge on any atom is 0.327 e. The van der Waals surface area contributed by atoms with E-state index in [-0.39, 0.29) is 11.4 Å². The Morgan fingerprint density at radius 2 is 2.19 bits per heavy atom. The van der Waals surface area contributed by atoms with Crippen LogP contribution in [0, 0.1) is 13.8 Å². The molecule has 2 heterocycles. The van der Waals surface area contributed by atoms with Crippen LogP contribution in [0.4, 0.5) is 5.69 Å². The lowest BCUT2D eigenvalue weighted by Gasteiger charge is -2.04. The minimum atomic E-state index is -3.65. The van der Waals surface area contributed by atoms with E-state index in [1.807, 2.05) is 6.92 Å². The van der Waals surface area contributed by atoms with Gasteiger partial charge >= 0.3 is 5.97 Å². The third-order valence-electron chi connectivity index (χ3n) is 2.69. The van der Waals surface area contributed by atoms with Crippen molar-refractivity contribution >= 4 is 33.0 Å². The van der Waals surface area contributed by atoms with Gasteiger partial charge in [0.2, 0.25) is 0 Å². The molecule has 0 saturated carbocycles. The van der Waals surface area contributed by atoms with Crippen LogP contribution >= 0.6 is 11.3 Å². The molecule has 0 aliphatic carbocycles. The van der Waals surface area contributed by atoms with E-state index in [4.69, 9.17) is 0 Å². The number of esters is 1. The van der Waals surface area contributed by atoms with E-state index >= 15 is 0 Å². The maximum atomic E-state index is 12.3. The highest BCUT2D eigenvalue weighted by Gasteiger charge is 2.20. The van der Waals surface area contributed by atoms with Gasteiger partial charge in [-0.1, -0.05) is 0 Å². The normalized spacial score (nSPS) is 11.4. The van der Waals surface area contributed by atoms with Gasteiger partial charge < -0.3 is 4.74 Å². The van der Waals surface area contributed by atoms with E-state index in [1.165, 1.54) is 35.5 Å². The van der Waals surface area contributed by atoms with Crippen LogP contribution in [0.5, 0.6) is 0 Å². The lowest BCUT2D eigenvalue weighted by molar-refractivity contribution is -0.141. The molecule has 1 N–H and O–H groups in total. The van der Waals surface area contributed by atoms with E-state index in [2.05, 4.69) is 14.6 Å². The molecule has 0 bridgehead atoms. The molecule has 0 atom stereocenters. The van der Waals surface area contributed by atoms with Gasteiger partial charge in [-0.15, -0.1) is 11.3 Å². The van der Waals surface area contributed by atoms with E-state index in [0.29, 0.717) is 5.69 Å². The van der Waals surface area contributed by atoms with Gasteiger partial charge in [0.1, 0.15) is 11.4 Å². The van der Waals surface area contributed by atoms with Crippen LogP contribution in [0.1, 0.15) is 9.75 Å². The van der Waals surface area contributed by atoms with Gasteiger partial charge in [-0.3, -0.25) is 14.2 Å². The Morgan fingerprint density at radius 1 is 1.48 bits per heavy atom. The monoisotopic (exact) mass is 329 g/mol. The van der Waals surface area contributed by atoms with Gasteiger partial charge in [-0.2, -0.15) is 5.10 Å². The molecule has 2 aromatic rings. The third kappa shape index (κ3) is 3.61. The lowest BCUT2D eigenvalue weighted by Crippen LogP contribution is -2.13. The number of anilines is 1. The number of nitrogens with zero attached hydrogens (tertiary/aromatic N) is 2. The highest BCUT2D eigenvalue weighted by Crippen LogP contribution is 2.26. The Balaban J connectivity index is 2.18. The van der Waals surface area contributed by atoms with Crippen LogP contribution in [0.2, 0.25) is 0 Å². The summed E-state index contributed by atoms with van der Waals surface area (Å²) in [6.07, 6.45) is 2.78. The summed E-state index contributed by atoms with van der Waals surface area (Å²) in [6, 6.07) is 1.63. The van der Waals surface area contributed by atoms with Crippen molar-refractivity contribution in [3.05, 3.63) is 28.2 Å². The fourth-order valence-corrected chi connectivity index (χ4v) is 4.37. The van der Waals surface area contributed by atoms with Gasteiger partial charge in [0.25, 0.3) is 10.0 Å². The van der Waals surface area contributed by atoms with Gasteiger partial charge in [0.15, 0.2) is 0 Å². The number of aromatic nitrogens is 2. The SMILES string of the molecule is COC(=O)Cn1cc(NS(=O)(=O)c2cc(C)sc2C)cn1. The molecule has 0 aliphatic rings. The Kier molecular flexibility index (Phi) is 4.33. The summed E-state index contributed by atoms with van der Waals surface area (Å²) >= 11 is 1.42. The lowest BCUT2D eigenvalue weighted by atomic mass is 10.4. The summed E-state index contributed by atoms with van der Waals surface area (Å²) in [7, 11) is -2.38. The Morgan fingerprint density at radius 3 is 2.76 bits per heavy atom. The molecular weight excluding hydrogens is 314 g/mol. The van der Waals surface area contributed by atoms with Crippen molar-refractivity contribution in [3.8, 4) is 0 Å². The number of nitrogens with one attached hydrogen (secondary N) is 1. The number of rotatable bonds is 5. The summed E-state index contributed by atoms with van der Waals surface area (Å²) in [5.41, 5.74) is 0.294. The van der Waals surface area contributed by atoms with Crippen LogP contribution < -0.4 is 4.72 Å². The van der Waals surface area contributed by atoms with Crippen LogP contribution in [-0.4, -0.2) is 31.3 Å². The van der Waals surface area contributed by atoms with Crippen molar-refractivity contribution in [2.24, 2.45) is 0 Å². The fourth-order valence-electron chi connectivity index (χ4n) is 1.78. The van der Waals surface area contributed by atoms with E-state index in [1.54, 1.807) is 13.0 Å². The zero-order chi connectivity index (χ0) is 15.6. The van der Waals surface area contributed by atoms with Crippen molar-refractivity contribution in [1.29, 1.82) is 0 Å². The standard InChI is InChI=1S/C12H15N3O4S2/c1-8-4-11(9(2)20-8)21(17,18)14-10-5-13-15(6-10)7-12(16)19-3/h4-6,14H,7H2,1-3H3. The number of sulfonamides is 1. The highest BCUT2D eigenvalue weighted by molar-refractivity contribution is 7.93. The second-order valence-corrected chi connectivity index (χ2v) is 7.50. The Hall–Kier alpha value is -1.87. The predicted molar refractivity (Wildman–Crippen MR) is 78.8 cm³/mol. The van der Waals surface area contributed by atoms with Crippen LogP contribution in [0.15, 0.2) is 23.4 Å². The average Bonchev–Trinajstić information content (AvgIpc) is 2.95. The number of ether oxygens (including phenoxy) is 1. The molecule has 9 heteroatoms. The molecule has 114 valence electrons. The van der Waals surface area contributed by atoms with Crippen LogP contribution in [0.25, 0.3) is 0 Å². The second kappa shape index (κ2) is 5.86. The molecule has 2 rings (SSSR count). The summed E-state index contributed by atoms with van der Waals surface area (Å²) in [4.78, 5) is 13.0. The van der Waals surface area contributed by atoms with Gasteiger partial charge in [-0.25, -0.2) is 8.42 Å². The molecule has 0 amide bonds. The van der Waals surface area contributed by atoms with Crippen LogP contribution in [-0.2, 0) is 26.1 Å². The zero-order valence-electron chi connectivity index (χ0n) is 11.8. The van der Waals surface area contributed by atoms with Crippen LogP contribution in [0.3, 0.4) is 0 Å². The molecule has 0 aliphatic heterocycles. The van der Waals surface area contributed by atoms with Gasteiger partial charge in [-0.05, 0) is 19.9 Å². The minimum Gasteiger partial charge on any atom is -0.468 e. The number of methoxy groups -OCH3 is 1. The highest BCUT2D eigenvalue weighted by atomic mass is 32.2. The van der Waals surface area contributed by atoms with E-state index in [0.717, 1.165) is 9.75 Å². The quantitative estimate of drug-likeness (QED) is 0.840. The molecule has 0 fully saturated rings. The Labute approximate surface area is 126 Å². The number of hydrogen-bond donors (Lipinski definition) is 1. The Bertz CT molecular complexity index is 761. The van der Waals surface area contributed by atoms with E-state index in [9.17, 15) is 13.2 Å². The number of carbonyl (C=O) groups excluding carboxylic acids is 1. The summed E-state index contributed by atoms with van der Waals surface area (Å²) in [6.45, 7) is 3.53. The molecule has 0 aromatic carbocycles. The van der Waals surface area contributed by atoms with Crippen molar-refractivity contribution in [3.63, 3.8) is 0 Å². The molecule has 0 unspecified atom stereocenters. The first-order chi connectivity index (χ1) is 9.81. The van der Waals surface area contributed by atoms with Crippen molar-refractivity contribution in [2.75, 3.05) is 11.8 Å². The van der Waals surface area contributed by atoms with Gasteiger partial charge in [0, 0.05) is 16.0 Å². The molecule has 0 saturated heterocycles. The molecule has 2 aromatic heterocycles. The molecule has 0 radical (unpaired) electrons. The maximum absolute atomic E-state index is 12.3. The summed E-state index contributed by atoms with van der Waals surface area (Å²) < 4.78 is 32.8. The number of thiophene rings is 1. The second-order valence-electron chi connectivity index (χ2n) is 4.39. The van der Waals surface area contributed by atoms with E-state index < -0.39 is 16.0 Å². The molecule has 0 spiro atoms. The summed E-state index contributed by atoms with van der Waals surface area (Å²) in [5, 5.41) is 3.90. The molecular formula is C12H15N3O4S2. The number of carbonyl (C=O) groups is 1. The van der Waals surface area contributed by atoms with Gasteiger partial charge in [0.05, 0.1) is 19.0 Å².